The van der Waals surface area contributed by atoms with E-state index >= 15 is 0 Å². The molecule has 1 aliphatic rings. The zero-order chi connectivity index (χ0) is 9.97. The summed E-state index contributed by atoms with van der Waals surface area (Å²) in [5.74, 6) is 0.886. The van der Waals surface area contributed by atoms with Gasteiger partial charge in [-0.1, -0.05) is 17.7 Å². The number of benzene rings is 1. The predicted octanol–water partition coefficient (Wildman–Crippen LogP) is 2.77. The number of methoxy groups -OCH3 is 1. The van der Waals surface area contributed by atoms with Crippen LogP contribution in [-0.2, 0) is 0 Å². The average Bonchev–Trinajstić information content (AvgIpc) is 2.70. The van der Waals surface area contributed by atoms with E-state index in [0.29, 0.717) is 6.04 Å². The number of hydrogen-bond acceptors (Lipinski definition) is 2. The molecule has 1 atom stereocenters. The largest absolute Gasteiger partial charge is 0.496 e. The Hall–Kier alpha value is -0.730. The Morgan fingerprint density at radius 2 is 2.36 bits per heavy atom. The average molecular weight is 212 g/mol. The van der Waals surface area contributed by atoms with Crippen LogP contribution in [0.3, 0.4) is 0 Å². The summed E-state index contributed by atoms with van der Waals surface area (Å²) in [6, 6.07) is 6.27. The third kappa shape index (κ3) is 1.86. The second-order valence-corrected chi connectivity index (χ2v) is 3.97. The minimum Gasteiger partial charge on any atom is -0.496 e. The summed E-state index contributed by atoms with van der Waals surface area (Å²) in [5, 5.41) is 4.17. The van der Waals surface area contributed by atoms with Gasteiger partial charge < -0.3 is 10.1 Å². The van der Waals surface area contributed by atoms with Crippen molar-refractivity contribution in [2.24, 2.45) is 0 Å². The van der Waals surface area contributed by atoms with E-state index in [4.69, 9.17) is 16.3 Å². The molecule has 2 rings (SSSR count). The maximum atomic E-state index is 5.90. The van der Waals surface area contributed by atoms with Crippen molar-refractivity contribution in [3.8, 4) is 5.75 Å². The van der Waals surface area contributed by atoms with Crippen molar-refractivity contribution in [3.63, 3.8) is 0 Å². The molecule has 0 aromatic heterocycles. The molecule has 1 aromatic carbocycles. The molecule has 0 radical (unpaired) electrons. The van der Waals surface area contributed by atoms with Gasteiger partial charge in [-0.3, -0.25) is 0 Å². The van der Waals surface area contributed by atoms with Gasteiger partial charge in [-0.25, -0.2) is 0 Å². The Kier molecular flexibility index (Phi) is 2.94. The van der Waals surface area contributed by atoms with Crippen molar-refractivity contribution in [1.29, 1.82) is 0 Å². The second kappa shape index (κ2) is 4.20. The van der Waals surface area contributed by atoms with Gasteiger partial charge in [-0.2, -0.15) is 0 Å². The number of nitrogens with one attached hydrogen (secondary N) is 1. The van der Waals surface area contributed by atoms with Crippen LogP contribution in [0.5, 0.6) is 5.75 Å². The first-order chi connectivity index (χ1) is 6.81. The molecule has 0 amide bonds. The molecule has 76 valence electrons. The van der Waals surface area contributed by atoms with Crippen molar-refractivity contribution >= 4 is 11.6 Å². The summed E-state index contributed by atoms with van der Waals surface area (Å²) in [6.45, 7) is 1.09. The Balaban J connectivity index is 2.31. The lowest BCUT2D eigenvalue weighted by Crippen LogP contribution is -2.13. The van der Waals surface area contributed by atoms with Crippen LogP contribution in [0, 0.1) is 0 Å². The first kappa shape index (κ1) is 9.81. The highest BCUT2D eigenvalue weighted by Gasteiger charge is 2.19. The second-order valence-electron chi connectivity index (χ2n) is 3.54. The maximum Gasteiger partial charge on any atom is 0.125 e. The Morgan fingerprint density at radius 3 is 3.00 bits per heavy atom. The van der Waals surface area contributed by atoms with Crippen LogP contribution in [0.1, 0.15) is 24.4 Å². The van der Waals surface area contributed by atoms with Crippen molar-refractivity contribution in [1.82, 2.24) is 5.32 Å². The zero-order valence-corrected chi connectivity index (χ0v) is 8.97. The molecule has 1 aliphatic heterocycles. The van der Waals surface area contributed by atoms with E-state index in [9.17, 15) is 0 Å². The molecule has 0 spiro atoms. The third-order valence-corrected chi connectivity index (χ3v) is 2.87. The van der Waals surface area contributed by atoms with Crippen LogP contribution < -0.4 is 10.1 Å². The van der Waals surface area contributed by atoms with Gasteiger partial charge in [0.15, 0.2) is 0 Å². The van der Waals surface area contributed by atoms with Gasteiger partial charge >= 0.3 is 0 Å². The Morgan fingerprint density at radius 1 is 1.50 bits per heavy atom. The molecule has 1 aromatic rings. The van der Waals surface area contributed by atoms with Crippen LogP contribution in [0.2, 0.25) is 5.02 Å². The molecule has 1 saturated heterocycles. The van der Waals surface area contributed by atoms with Crippen LogP contribution >= 0.6 is 11.6 Å². The van der Waals surface area contributed by atoms with Gasteiger partial charge in [0.05, 0.1) is 7.11 Å². The van der Waals surface area contributed by atoms with Crippen molar-refractivity contribution in [2.75, 3.05) is 13.7 Å². The molecule has 14 heavy (non-hydrogen) atoms. The van der Waals surface area contributed by atoms with Crippen LogP contribution in [0.25, 0.3) is 0 Å². The topological polar surface area (TPSA) is 21.3 Å². The highest BCUT2D eigenvalue weighted by Crippen LogP contribution is 2.32. The van der Waals surface area contributed by atoms with Gasteiger partial charge in [-0.05, 0) is 31.5 Å². The number of hydrogen-bond donors (Lipinski definition) is 1. The summed E-state index contributed by atoms with van der Waals surface area (Å²) in [5.41, 5.74) is 1.22. The fourth-order valence-corrected chi connectivity index (χ4v) is 2.08. The third-order valence-electron chi connectivity index (χ3n) is 2.63. The molecule has 0 aliphatic carbocycles. The maximum absolute atomic E-state index is 5.90. The molecular weight excluding hydrogens is 198 g/mol. The summed E-state index contributed by atoms with van der Waals surface area (Å²) in [4.78, 5) is 0. The Labute approximate surface area is 89.2 Å². The standard InChI is InChI=1S/C11H14ClNO/c1-14-11-7-8(12)4-5-9(11)10-3-2-6-13-10/h4-5,7,10,13H,2-3,6H2,1H3/t10-/m0/s1. The first-order valence-electron chi connectivity index (χ1n) is 4.88. The highest BCUT2D eigenvalue weighted by atomic mass is 35.5. The van der Waals surface area contributed by atoms with Crippen molar-refractivity contribution in [3.05, 3.63) is 28.8 Å². The van der Waals surface area contributed by atoms with E-state index in [1.54, 1.807) is 7.11 Å². The van der Waals surface area contributed by atoms with Crippen LogP contribution in [0.4, 0.5) is 0 Å². The highest BCUT2D eigenvalue weighted by molar-refractivity contribution is 6.30. The van der Waals surface area contributed by atoms with Gasteiger partial charge in [0, 0.05) is 16.6 Å². The lowest BCUT2D eigenvalue weighted by Gasteiger charge is -2.14. The fraction of sp³-hybridized carbons (Fsp3) is 0.455. The molecule has 0 unspecified atom stereocenters. The van der Waals surface area contributed by atoms with E-state index in [1.165, 1.54) is 18.4 Å². The van der Waals surface area contributed by atoms with Gasteiger partial charge in [0.2, 0.25) is 0 Å². The molecule has 0 saturated carbocycles. The monoisotopic (exact) mass is 211 g/mol. The molecular formula is C11H14ClNO. The molecule has 2 nitrogen and oxygen atoms in total. The van der Waals surface area contributed by atoms with E-state index in [0.717, 1.165) is 17.3 Å². The zero-order valence-electron chi connectivity index (χ0n) is 8.22. The molecule has 1 heterocycles. The molecule has 1 fully saturated rings. The van der Waals surface area contributed by atoms with Crippen molar-refractivity contribution in [2.45, 2.75) is 18.9 Å². The van der Waals surface area contributed by atoms with E-state index in [1.807, 2.05) is 18.2 Å². The first-order valence-corrected chi connectivity index (χ1v) is 5.26. The number of ether oxygens (including phenoxy) is 1. The van der Waals surface area contributed by atoms with E-state index in [-0.39, 0.29) is 0 Å². The minimum atomic E-state index is 0.433. The fourth-order valence-electron chi connectivity index (χ4n) is 1.92. The number of rotatable bonds is 2. The van der Waals surface area contributed by atoms with Gasteiger partial charge in [0.1, 0.15) is 5.75 Å². The quantitative estimate of drug-likeness (QED) is 0.813. The van der Waals surface area contributed by atoms with Gasteiger partial charge in [0.25, 0.3) is 0 Å². The summed E-state index contributed by atoms with van der Waals surface area (Å²) >= 11 is 5.90. The van der Waals surface area contributed by atoms with Gasteiger partial charge in [-0.15, -0.1) is 0 Å². The normalized spacial score (nSPS) is 21.1. The minimum absolute atomic E-state index is 0.433. The van der Waals surface area contributed by atoms with E-state index < -0.39 is 0 Å². The van der Waals surface area contributed by atoms with Crippen molar-refractivity contribution < 1.29 is 4.74 Å². The summed E-state index contributed by atoms with van der Waals surface area (Å²) < 4.78 is 5.31. The summed E-state index contributed by atoms with van der Waals surface area (Å²) in [7, 11) is 1.68. The molecule has 1 N–H and O–H groups in total. The lowest BCUT2D eigenvalue weighted by molar-refractivity contribution is 0.403. The lowest BCUT2D eigenvalue weighted by atomic mass is 10.0. The van der Waals surface area contributed by atoms with Crippen LogP contribution in [-0.4, -0.2) is 13.7 Å². The summed E-state index contributed by atoms with van der Waals surface area (Å²) in [6.07, 6.45) is 2.41. The van der Waals surface area contributed by atoms with Crippen LogP contribution in [0.15, 0.2) is 18.2 Å². The van der Waals surface area contributed by atoms with E-state index in [2.05, 4.69) is 5.32 Å². The smallest absolute Gasteiger partial charge is 0.125 e. The Bertz CT molecular complexity index is 321. The predicted molar refractivity (Wildman–Crippen MR) is 58.0 cm³/mol. The molecule has 3 heteroatoms. The number of halogens is 1. The SMILES string of the molecule is COc1cc(Cl)ccc1[C@@H]1CCCN1. The molecule has 0 bridgehead atoms.